The van der Waals surface area contributed by atoms with Crippen LogP contribution in [-0.2, 0) is 11.3 Å². The molecule has 0 aromatic carbocycles. The number of nitrogens with one attached hydrogen (secondary N) is 2. The third-order valence-corrected chi connectivity index (χ3v) is 3.95. The van der Waals surface area contributed by atoms with Crippen molar-refractivity contribution in [3.8, 4) is 0 Å². The standard InChI is InChI=1S/C13H18N4O2S/c1-3-17(4-2)11(18)8-14-7-10-15-9-5-6-20-12(9)13(19)16-10/h5-6,14H,3-4,7-8H2,1-2H3,(H,15,16,19). The predicted molar refractivity (Wildman–Crippen MR) is 79.9 cm³/mol. The summed E-state index contributed by atoms with van der Waals surface area (Å²) in [7, 11) is 0. The Bertz CT molecular complexity index is 645. The average molecular weight is 294 g/mol. The maximum absolute atomic E-state index is 11.8. The number of nitrogens with zero attached hydrogens (tertiary/aromatic N) is 2. The lowest BCUT2D eigenvalue weighted by Crippen LogP contribution is -2.38. The summed E-state index contributed by atoms with van der Waals surface area (Å²) in [5, 5.41) is 4.86. The average Bonchev–Trinajstić information content (AvgIpc) is 2.89. The van der Waals surface area contributed by atoms with E-state index in [9.17, 15) is 9.59 Å². The Morgan fingerprint density at radius 3 is 2.90 bits per heavy atom. The molecule has 0 fully saturated rings. The quantitative estimate of drug-likeness (QED) is 0.831. The number of hydrogen-bond donors (Lipinski definition) is 2. The molecule has 0 aliphatic rings. The van der Waals surface area contributed by atoms with Crippen LogP contribution in [0.4, 0.5) is 0 Å². The van der Waals surface area contributed by atoms with Crippen LogP contribution in [0.2, 0.25) is 0 Å². The van der Waals surface area contributed by atoms with Gasteiger partial charge in [-0.25, -0.2) is 4.98 Å². The second-order valence-electron chi connectivity index (χ2n) is 4.32. The first-order chi connectivity index (χ1) is 9.65. The van der Waals surface area contributed by atoms with Crippen molar-refractivity contribution in [2.45, 2.75) is 20.4 Å². The van der Waals surface area contributed by atoms with Crippen molar-refractivity contribution >= 4 is 27.5 Å². The van der Waals surface area contributed by atoms with E-state index >= 15 is 0 Å². The van der Waals surface area contributed by atoms with Gasteiger partial charge in [0, 0.05) is 13.1 Å². The zero-order chi connectivity index (χ0) is 14.5. The monoisotopic (exact) mass is 294 g/mol. The number of fused-ring (bicyclic) bond motifs is 1. The third kappa shape index (κ3) is 3.23. The van der Waals surface area contributed by atoms with Crippen LogP contribution in [-0.4, -0.2) is 40.4 Å². The van der Waals surface area contributed by atoms with Crippen LogP contribution < -0.4 is 10.9 Å². The summed E-state index contributed by atoms with van der Waals surface area (Å²) < 4.78 is 0.632. The normalized spacial score (nSPS) is 10.9. The smallest absolute Gasteiger partial charge is 0.268 e. The lowest BCUT2D eigenvalue weighted by molar-refractivity contribution is -0.129. The largest absolute Gasteiger partial charge is 0.342 e. The van der Waals surface area contributed by atoms with Crippen molar-refractivity contribution < 1.29 is 4.79 Å². The molecule has 7 heteroatoms. The van der Waals surface area contributed by atoms with Gasteiger partial charge in [-0.3, -0.25) is 9.59 Å². The SMILES string of the molecule is CCN(CC)C(=O)CNCc1nc2ccsc2c(=O)[nH]1. The van der Waals surface area contributed by atoms with Crippen molar-refractivity contribution in [2.75, 3.05) is 19.6 Å². The Balaban J connectivity index is 1.96. The molecule has 0 atom stereocenters. The molecular formula is C13H18N4O2S. The van der Waals surface area contributed by atoms with E-state index in [0.717, 1.165) is 0 Å². The van der Waals surface area contributed by atoms with Gasteiger partial charge in [0.2, 0.25) is 5.91 Å². The molecule has 108 valence electrons. The van der Waals surface area contributed by atoms with Crippen molar-refractivity contribution in [2.24, 2.45) is 0 Å². The van der Waals surface area contributed by atoms with Gasteiger partial charge >= 0.3 is 0 Å². The number of rotatable bonds is 6. The summed E-state index contributed by atoms with van der Waals surface area (Å²) >= 11 is 1.37. The first kappa shape index (κ1) is 14.7. The minimum absolute atomic E-state index is 0.0500. The molecule has 0 aliphatic heterocycles. The molecule has 0 saturated heterocycles. The number of H-pyrrole nitrogens is 1. The van der Waals surface area contributed by atoms with Crippen molar-refractivity contribution in [3.05, 3.63) is 27.6 Å². The fourth-order valence-electron chi connectivity index (χ4n) is 1.98. The van der Waals surface area contributed by atoms with E-state index in [0.29, 0.717) is 35.7 Å². The lowest BCUT2D eigenvalue weighted by atomic mass is 10.4. The van der Waals surface area contributed by atoms with Gasteiger partial charge in [0.1, 0.15) is 10.5 Å². The van der Waals surface area contributed by atoms with Gasteiger partial charge < -0.3 is 15.2 Å². The summed E-state index contributed by atoms with van der Waals surface area (Å²) in [6, 6.07) is 1.82. The van der Waals surface area contributed by atoms with Crippen LogP contribution in [0.25, 0.3) is 10.2 Å². The molecule has 0 bridgehead atoms. The molecule has 2 rings (SSSR count). The molecule has 6 nitrogen and oxygen atoms in total. The van der Waals surface area contributed by atoms with E-state index in [1.807, 2.05) is 25.3 Å². The van der Waals surface area contributed by atoms with Crippen LogP contribution in [0.3, 0.4) is 0 Å². The van der Waals surface area contributed by atoms with Gasteiger partial charge in [-0.1, -0.05) is 0 Å². The van der Waals surface area contributed by atoms with Gasteiger partial charge in [-0.2, -0.15) is 0 Å². The first-order valence-corrected chi connectivity index (χ1v) is 7.48. The summed E-state index contributed by atoms with van der Waals surface area (Å²) in [5.41, 5.74) is 0.572. The maximum atomic E-state index is 11.8. The second-order valence-corrected chi connectivity index (χ2v) is 5.23. The highest BCUT2D eigenvalue weighted by Gasteiger charge is 2.09. The van der Waals surface area contributed by atoms with E-state index in [1.54, 1.807) is 4.90 Å². The van der Waals surface area contributed by atoms with Gasteiger partial charge in [-0.05, 0) is 25.3 Å². The Morgan fingerprint density at radius 2 is 2.20 bits per heavy atom. The van der Waals surface area contributed by atoms with Gasteiger partial charge in [-0.15, -0.1) is 11.3 Å². The number of carbonyl (C=O) groups excluding carboxylic acids is 1. The van der Waals surface area contributed by atoms with Crippen LogP contribution in [0.5, 0.6) is 0 Å². The summed E-state index contributed by atoms with van der Waals surface area (Å²) in [4.78, 5) is 32.4. The zero-order valence-corrected chi connectivity index (χ0v) is 12.4. The molecule has 2 N–H and O–H groups in total. The number of carbonyl (C=O) groups is 1. The van der Waals surface area contributed by atoms with E-state index < -0.39 is 0 Å². The first-order valence-electron chi connectivity index (χ1n) is 6.60. The van der Waals surface area contributed by atoms with Crippen LogP contribution in [0, 0.1) is 0 Å². The van der Waals surface area contributed by atoms with Crippen LogP contribution in [0.1, 0.15) is 19.7 Å². The fraction of sp³-hybridized carbons (Fsp3) is 0.462. The molecule has 20 heavy (non-hydrogen) atoms. The molecule has 0 saturated carbocycles. The molecular weight excluding hydrogens is 276 g/mol. The summed E-state index contributed by atoms with van der Waals surface area (Å²) in [5.74, 6) is 0.599. The molecule has 2 aromatic heterocycles. The third-order valence-electron chi connectivity index (χ3n) is 3.05. The van der Waals surface area contributed by atoms with Gasteiger partial charge in [0.15, 0.2) is 0 Å². The molecule has 0 spiro atoms. The van der Waals surface area contributed by atoms with E-state index in [-0.39, 0.29) is 18.0 Å². The number of amides is 1. The molecule has 2 aromatic rings. The Hall–Kier alpha value is -1.73. The van der Waals surface area contributed by atoms with Crippen LogP contribution in [0.15, 0.2) is 16.2 Å². The minimum atomic E-state index is -0.128. The Kier molecular flexibility index (Phi) is 4.86. The number of thiophene rings is 1. The topological polar surface area (TPSA) is 78.1 Å². The number of aromatic amines is 1. The maximum Gasteiger partial charge on any atom is 0.268 e. The highest BCUT2D eigenvalue weighted by molar-refractivity contribution is 7.17. The fourth-order valence-corrected chi connectivity index (χ4v) is 2.71. The van der Waals surface area contributed by atoms with E-state index in [2.05, 4.69) is 15.3 Å². The molecule has 0 radical (unpaired) electrons. The predicted octanol–water partition coefficient (Wildman–Crippen LogP) is 0.943. The highest BCUT2D eigenvalue weighted by Crippen LogP contribution is 2.13. The molecule has 1 amide bonds. The van der Waals surface area contributed by atoms with Crippen molar-refractivity contribution in [1.29, 1.82) is 0 Å². The minimum Gasteiger partial charge on any atom is -0.342 e. The number of aromatic nitrogens is 2. The Labute approximate surface area is 120 Å². The molecule has 2 heterocycles. The van der Waals surface area contributed by atoms with Gasteiger partial charge in [0.05, 0.1) is 18.6 Å². The van der Waals surface area contributed by atoms with Crippen molar-refractivity contribution in [1.82, 2.24) is 20.2 Å². The number of hydrogen-bond acceptors (Lipinski definition) is 5. The molecule has 0 aliphatic carbocycles. The molecule has 0 unspecified atom stereocenters. The zero-order valence-electron chi connectivity index (χ0n) is 11.6. The summed E-state index contributed by atoms with van der Waals surface area (Å²) in [6.45, 7) is 5.91. The number of likely N-dealkylation sites (N-methyl/N-ethyl adjacent to an activating group) is 1. The Morgan fingerprint density at radius 1 is 1.45 bits per heavy atom. The van der Waals surface area contributed by atoms with Crippen molar-refractivity contribution in [3.63, 3.8) is 0 Å². The van der Waals surface area contributed by atoms with Gasteiger partial charge in [0.25, 0.3) is 5.56 Å². The van der Waals surface area contributed by atoms with E-state index in [4.69, 9.17) is 0 Å². The second kappa shape index (κ2) is 6.62. The summed E-state index contributed by atoms with van der Waals surface area (Å²) in [6.07, 6.45) is 0. The van der Waals surface area contributed by atoms with E-state index in [1.165, 1.54) is 11.3 Å². The van der Waals surface area contributed by atoms with Crippen LogP contribution >= 0.6 is 11.3 Å². The highest BCUT2D eigenvalue weighted by atomic mass is 32.1. The lowest BCUT2D eigenvalue weighted by Gasteiger charge is -2.18.